The van der Waals surface area contributed by atoms with E-state index in [1.165, 1.54) is 0 Å². The molecule has 0 radical (unpaired) electrons. The normalized spacial score (nSPS) is 29.2. The van der Waals surface area contributed by atoms with Crippen molar-refractivity contribution >= 4 is 17.6 Å². The van der Waals surface area contributed by atoms with Crippen molar-refractivity contribution in [3.63, 3.8) is 0 Å². The van der Waals surface area contributed by atoms with Crippen LogP contribution in [0.5, 0.6) is 0 Å². The van der Waals surface area contributed by atoms with Crippen LogP contribution in [0, 0.1) is 18.3 Å². The van der Waals surface area contributed by atoms with Crippen molar-refractivity contribution < 1.29 is 4.79 Å². The highest BCUT2D eigenvalue weighted by atomic mass is 32.1. The lowest BCUT2D eigenvalue weighted by Gasteiger charge is -2.31. The van der Waals surface area contributed by atoms with Gasteiger partial charge in [-0.3, -0.25) is 4.79 Å². The molecule has 7 heteroatoms. The van der Waals surface area contributed by atoms with Crippen molar-refractivity contribution in [1.82, 2.24) is 23.9 Å². The third-order valence-corrected chi connectivity index (χ3v) is 5.07. The van der Waals surface area contributed by atoms with Crippen LogP contribution in [0.4, 0.5) is 0 Å². The van der Waals surface area contributed by atoms with Crippen LogP contribution in [0.25, 0.3) is 0 Å². The molecule has 2 aliphatic heterocycles. The summed E-state index contributed by atoms with van der Waals surface area (Å²) in [7, 11) is 4.20. The van der Waals surface area contributed by atoms with Gasteiger partial charge in [-0.1, -0.05) is 0 Å². The van der Waals surface area contributed by atoms with E-state index in [2.05, 4.69) is 33.1 Å². The zero-order valence-corrected chi connectivity index (χ0v) is 13.0. The summed E-state index contributed by atoms with van der Waals surface area (Å²) in [5.74, 6) is 0.588. The Labute approximate surface area is 123 Å². The van der Waals surface area contributed by atoms with E-state index in [0.29, 0.717) is 11.6 Å². The second-order valence-corrected chi connectivity index (χ2v) is 6.84. The fraction of sp³-hybridized carbons (Fsp3) is 0.769. The predicted octanol–water partition coefficient (Wildman–Crippen LogP) is 0.0697. The van der Waals surface area contributed by atoms with Gasteiger partial charge in [0.25, 0.3) is 5.91 Å². The largest absolute Gasteiger partial charge is 0.336 e. The fourth-order valence-electron chi connectivity index (χ4n) is 3.60. The Bertz CT molecular complexity index is 517. The van der Waals surface area contributed by atoms with Crippen LogP contribution in [-0.2, 0) is 0 Å². The van der Waals surface area contributed by atoms with Crippen LogP contribution in [0.3, 0.4) is 0 Å². The molecule has 2 saturated heterocycles. The molecule has 110 valence electrons. The molecular formula is C13H21N5OS. The summed E-state index contributed by atoms with van der Waals surface area (Å²) in [6.07, 6.45) is 0. The minimum Gasteiger partial charge on any atom is -0.336 e. The van der Waals surface area contributed by atoms with E-state index in [9.17, 15) is 4.79 Å². The summed E-state index contributed by atoms with van der Waals surface area (Å²) in [5, 5.41) is 3.49. The number of likely N-dealkylation sites (tertiary alicyclic amines) is 1. The SMILES string of the molecule is Cc1nsnc1C(=O)N1CC2CNCC2(CN(C)C)C1. The number of carbonyl (C=O) groups is 1. The van der Waals surface area contributed by atoms with Gasteiger partial charge in [0, 0.05) is 38.1 Å². The molecule has 0 spiro atoms. The highest BCUT2D eigenvalue weighted by molar-refractivity contribution is 6.99. The van der Waals surface area contributed by atoms with E-state index in [4.69, 9.17) is 0 Å². The van der Waals surface area contributed by atoms with Crippen LogP contribution in [0.2, 0.25) is 0 Å². The standard InChI is InChI=1S/C13H21N5OS/c1-9-11(16-20-15-9)12(19)18-5-10-4-14-6-13(10,8-18)7-17(2)3/h10,14H,4-8H2,1-3H3. The Morgan fingerprint density at radius 3 is 3.00 bits per heavy atom. The van der Waals surface area contributed by atoms with Gasteiger partial charge in [0.1, 0.15) is 0 Å². The molecule has 0 saturated carbocycles. The number of nitrogens with zero attached hydrogens (tertiary/aromatic N) is 4. The van der Waals surface area contributed by atoms with Gasteiger partial charge < -0.3 is 15.1 Å². The Kier molecular flexibility index (Phi) is 3.51. The van der Waals surface area contributed by atoms with Crippen molar-refractivity contribution in [3.05, 3.63) is 11.4 Å². The fourth-order valence-corrected chi connectivity index (χ4v) is 4.15. The highest BCUT2D eigenvalue weighted by Gasteiger charge is 2.51. The van der Waals surface area contributed by atoms with Gasteiger partial charge in [-0.05, 0) is 26.9 Å². The van der Waals surface area contributed by atoms with Crippen molar-refractivity contribution in [2.24, 2.45) is 11.3 Å². The summed E-state index contributed by atoms with van der Waals surface area (Å²) in [6.45, 7) is 6.52. The molecule has 2 fully saturated rings. The molecule has 1 aromatic rings. The molecule has 0 bridgehead atoms. The van der Waals surface area contributed by atoms with E-state index in [1.807, 2.05) is 11.8 Å². The second-order valence-electron chi connectivity index (χ2n) is 6.31. The molecule has 2 atom stereocenters. The lowest BCUT2D eigenvalue weighted by atomic mass is 9.80. The molecule has 3 rings (SSSR count). The molecule has 0 aromatic carbocycles. The van der Waals surface area contributed by atoms with Crippen LogP contribution in [0.15, 0.2) is 0 Å². The van der Waals surface area contributed by atoms with Crippen molar-refractivity contribution in [1.29, 1.82) is 0 Å². The number of fused-ring (bicyclic) bond motifs is 1. The first-order valence-electron chi connectivity index (χ1n) is 6.96. The van der Waals surface area contributed by atoms with Gasteiger partial charge in [-0.2, -0.15) is 8.75 Å². The number of carbonyl (C=O) groups excluding carboxylic acids is 1. The number of aromatic nitrogens is 2. The molecule has 2 unspecified atom stereocenters. The smallest absolute Gasteiger partial charge is 0.275 e. The number of nitrogens with one attached hydrogen (secondary N) is 1. The number of aryl methyl sites for hydroxylation is 1. The lowest BCUT2D eigenvalue weighted by Crippen LogP contribution is -2.42. The van der Waals surface area contributed by atoms with Crippen LogP contribution >= 0.6 is 11.7 Å². The topological polar surface area (TPSA) is 61.4 Å². The molecular weight excluding hydrogens is 274 g/mol. The number of rotatable bonds is 3. The summed E-state index contributed by atoms with van der Waals surface area (Å²) in [5.41, 5.74) is 1.47. The zero-order chi connectivity index (χ0) is 14.3. The van der Waals surface area contributed by atoms with Gasteiger partial charge in [-0.25, -0.2) is 0 Å². The average molecular weight is 295 g/mol. The Morgan fingerprint density at radius 1 is 1.55 bits per heavy atom. The Morgan fingerprint density at radius 2 is 2.35 bits per heavy atom. The molecule has 6 nitrogen and oxygen atoms in total. The molecule has 3 heterocycles. The zero-order valence-electron chi connectivity index (χ0n) is 12.2. The maximum atomic E-state index is 12.6. The van der Waals surface area contributed by atoms with Gasteiger partial charge >= 0.3 is 0 Å². The summed E-state index contributed by atoms with van der Waals surface area (Å²) < 4.78 is 8.26. The summed E-state index contributed by atoms with van der Waals surface area (Å²) >= 11 is 1.12. The molecule has 2 aliphatic rings. The quantitative estimate of drug-likeness (QED) is 0.855. The van der Waals surface area contributed by atoms with Gasteiger partial charge in [-0.15, -0.1) is 0 Å². The van der Waals surface area contributed by atoms with E-state index in [-0.39, 0.29) is 11.3 Å². The average Bonchev–Trinajstić information content (AvgIpc) is 3.00. The number of hydrogen-bond donors (Lipinski definition) is 1. The highest BCUT2D eigenvalue weighted by Crippen LogP contribution is 2.39. The van der Waals surface area contributed by atoms with E-state index in [1.54, 1.807) is 0 Å². The molecule has 0 aliphatic carbocycles. The third-order valence-electron chi connectivity index (χ3n) is 4.45. The molecule has 1 amide bonds. The minimum atomic E-state index is 0.0452. The monoisotopic (exact) mass is 295 g/mol. The first-order valence-corrected chi connectivity index (χ1v) is 7.69. The molecule has 1 aromatic heterocycles. The van der Waals surface area contributed by atoms with Crippen LogP contribution < -0.4 is 5.32 Å². The lowest BCUT2D eigenvalue weighted by molar-refractivity contribution is 0.0758. The first kappa shape index (κ1) is 13.9. The minimum absolute atomic E-state index is 0.0452. The van der Waals surface area contributed by atoms with Crippen LogP contribution in [0.1, 0.15) is 16.2 Å². The molecule has 20 heavy (non-hydrogen) atoms. The van der Waals surface area contributed by atoms with Crippen LogP contribution in [-0.4, -0.2) is 71.3 Å². The van der Waals surface area contributed by atoms with Gasteiger partial charge in [0.15, 0.2) is 5.69 Å². The third kappa shape index (κ3) is 2.23. The second kappa shape index (κ2) is 5.05. The Hall–Kier alpha value is -1.05. The van der Waals surface area contributed by atoms with Crippen molar-refractivity contribution in [3.8, 4) is 0 Å². The Balaban J connectivity index is 1.79. The maximum absolute atomic E-state index is 12.6. The number of hydrogen-bond acceptors (Lipinski definition) is 6. The predicted molar refractivity (Wildman–Crippen MR) is 77.9 cm³/mol. The maximum Gasteiger partial charge on any atom is 0.275 e. The van der Waals surface area contributed by atoms with E-state index >= 15 is 0 Å². The number of amides is 1. The summed E-state index contributed by atoms with van der Waals surface area (Å²) in [4.78, 5) is 16.8. The van der Waals surface area contributed by atoms with E-state index in [0.717, 1.165) is 50.1 Å². The van der Waals surface area contributed by atoms with Crippen molar-refractivity contribution in [2.45, 2.75) is 6.92 Å². The van der Waals surface area contributed by atoms with E-state index < -0.39 is 0 Å². The van der Waals surface area contributed by atoms with Gasteiger partial charge in [0.2, 0.25) is 0 Å². The molecule has 1 N–H and O–H groups in total. The first-order chi connectivity index (χ1) is 9.52. The summed E-state index contributed by atoms with van der Waals surface area (Å²) in [6, 6.07) is 0. The van der Waals surface area contributed by atoms with Crippen molar-refractivity contribution in [2.75, 3.05) is 46.8 Å². The van der Waals surface area contributed by atoms with Gasteiger partial charge in [0.05, 0.1) is 17.4 Å².